The molecule has 2 unspecified atom stereocenters. The van der Waals surface area contributed by atoms with E-state index in [1.165, 1.54) is 0 Å². The van der Waals surface area contributed by atoms with Gasteiger partial charge in [0.25, 0.3) is 0 Å². The average molecular weight is 379 g/mol. The number of thioether (sulfide) groups is 1. The maximum Gasteiger partial charge on any atom is 0.241 e. The van der Waals surface area contributed by atoms with Crippen LogP contribution in [0.3, 0.4) is 0 Å². The first-order valence-electron chi connectivity index (χ1n) is 6.51. The minimum atomic E-state index is -3.49. The molecule has 0 spiro atoms. The highest BCUT2D eigenvalue weighted by Crippen LogP contribution is 2.30. The van der Waals surface area contributed by atoms with Crippen LogP contribution in [0.5, 0.6) is 0 Å². The van der Waals surface area contributed by atoms with Crippen molar-refractivity contribution in [3.63, 3.8) is 0 Å². The second kappa shape index (κ2) is 6.79. The summed E-state index contributed by atoms with van der Waals surface area (Å²) in [7, 11) is -3.49. The van der Waals surface area contributed by atoms with E-state index in [4.69, 9.17) is 5.73 Å². The van der Waals surface area contributed by atoms with Gasteiger partial charge in [0, 0.05) is 22.3 Å². The zero-order valence-electron chi connectivity index (χ0n) is 11.3. The van der Waals surface area contributed by atoms with Gasteiger partial charge in [-0.25, -0.2) is 13.1 Å². The third kappa shape index (κ3) is 3.57. The van der Waals surface area contributed by atoms with Gasteiger partial charge in [0.1, 0.15) is 0 Å². The van der Waals surface area contributed by atoms with Gasteiger partial charge in [-0.05, 0) is 52.7 Å². The monoisotopic (exact) mass is 378 g/mol. The van der Waals surface area contributed by atoms with Gasteiger partial charge < -0.3 is 5.73 Å². The molecule has 2 rings (SSSR count). The van der Waals surface area contributed by atoms with E-state index in [0.29, 0.717) is 16.3 Å². The second-order valence-electron chi connectivity index (χ2n) is 4.90. The first kappa shape index (κ1) is 16.3. The number of rotatable bonds is 5. The van der Waals surface area contributed by atoms with Crippen LogP contribution in [0, 0.1) is 0 Å². The molecule has 1 aromatic rings. The molecule has 0 radical (unpaired) electrons. The number of halogens is 1. The lowest BCUT2D eigenvalue weighted by molar-refractivity contribution is 0.555. The molecule has 4 nitrogen and oxygen atoms in total. The first-order valence-corrected chi connectivity index (χ1v) is 10.1. The van der Waals surface area contributed by atoms with E-state index in [1.807, 2.05) is 6.26 Å². The Morgan fingerprint density at radius 1 is 1.45 bits per heavy atom. The number of sulfonamides is 1. The number of hydrogen-bond acceptors (Lipinski definition) is 4. The Hall–Kier alpha value is -0.0800. The summed E-state index contributed by atoms with van der Waals surface area (Å²) in [6, 6.07) is 5.14. The Labute approximate surface area is 133 Å². The maximum absolute atomic E-state index is 12.5. The van der Waals surface area contributed by atoms with E-state index in [9.17, 15) is 8.42 Å². The molecule has 0 heterocycles. The predicted octanol–water partition coefficient (Wildman–Crippen LogP) is 2.47. The van der Waals surface area contributed by atoms with Crippen LogP contribution >= 0.6 is 27.7 Å². The lowest BCUT2D eigenvalue weighted by Gasteiger charge is -2.19. The van der Waals surface area contributed by atoms with Crippen molar-refractivity contribution in [2.45, 2.75) is 42.0 Å². The van der Waals surface area contributed by atoms with E-state index >= 15 is 0 Å². The Bertz CT molecular complexity index is 578. The molecule has 7 heteroatoms. The fraction of sp³-hybridized carbons (Fsp3) is 0.538. The highest BCUT2D eigenvalue weighted by atomic mass is 79.9. The lowest BCUT2D eigenvalue weighted by Crippen LogP contribution is -2.38. The minimum absolute atomic E-state index is 0.0242. The van der Waals surface area contributed by atoms with Gasteiger partial charge in [0.15, 0.2) is 0 Å². The second-order valence-corrected chi connectivity index (χ2v) is 8.52. The van der Waals surface area contributed by atoms with Crippen LogP contribution in [-0.2, 0) is 16.6 Å². The Kier molecular flexibility index (Phi) is 5.53. The SMILES string of the molecule is CSC1CCCC1NS(=O)(=O)c1ccc(CN)cc1Br. The van der Waals surface area contributed by atoms with Crippen molar-refractivity contribution in [1.29, 1.82) is 0 Å². The van der Waals surface area contributed by atoms with Gasteiger partial charge in [-0.1, -0.05) is 12.5 Å². The van der Waals surface area contributed by atoms with E-state index in [2.05, 4.69) is 20.7 Å². The van der Waals surface area contributed by atoms with E-state index in [1.54, 1.807) is 30.0 Å². The highest BCUT2D eigenvalue weighted by molar-refractivity contribution is 9.10. The number of benzene rings is 1. The predicted molar refractivity (Wildman–Crippen MR) is 87.3 cm³/mol. The molecule has 0 saturated heterocycles. The van der Waals surface area contributed by atoms with Gasteiger partial charge in [0.2, 0.25) is 10.0 Å². The van der Waals surface area contributed by atoms with Crippen molar-refractivity contribution in [2.75, 3.05) is 6.26 Å². The standard InChI is InChI=1S/C13H19BrN2O2S2/c1-19-12-4-2-3-11(12)16-20(17,18)13-6-5-9(8-15)7-10(13)14/h5-7,11-12,16H,2-4,8,15H2,1H3. The zero-order chi connectivity index (χ0) is 14.8. The van der Waals surface area contributed by atoms with Gasteiger partial charge in [0.05, 0.1) is 4.90 Å². The van der Waals surface area contributed by atoms with E-state index < -0.39 is 10.0 Å². The topological polar surface area (TPSA) is 72.2 Å². The van der Waals surface area contributed by atoms with Crippen molar-refractivity contribution in [1.82, 2.24) is 4.72 Å². The van der Waals surface area contributed by atoms with Crippen LogP contribution in [0.25, 0.3) is 0 Å². The largest absolute Gasteiger partial charge is 0.326 e. The fourth-order valence-corrected chi connectivity index (χ4v) is 5.95. The third-order valence-corrected chi connectivity index (χ3v) is 7.22. The fourth-order valence-electron chi connectivity index (χ4n) is 2.49. The van der Waals surface area contributed by atoms with Crippen LogP contribution in [0.15, 0.2) is 27.6 Å². The Balaban J connectivity index is 2.22. The maximum atomic E-state index is 12.5. The van der Waals surface area contributed by atoms with E-state index in [-0.39, 0.29) is 10.9 Å². The van der Waals surface area contributed by atoms with Crippen molar-refractivity contribution >= 4 is 37.7 Å². The summed E-state index contributed by atoms with van der Waals surface area (Å²) in [5.41, 5.74) is 6.46. The molecule has 112 valence electrons. The van der Waals surface area contributed by atoms with Crippen molar-refractivity contribution < 1.29 is 8.42 Å². The summed E-state index contributed by atoms with van der Waals surface area (Å²) >= 11 is 5.06. The molecule has 1 saturated carbocycles. The molecule has 0 aromatic heterocycles. The van der Waals surface area contributed by atoms with Crippen LogP contribution in [0.4, 0.5) is 0 Å². The summed E-state index contributed by atoms with van der Waals surface area (Å²) in [5, 5.41) is 0.367. The smallest absolute Gasteiger partial charge is 0.241 e. The minimum Gasteiger partial charge on any atom is -0.326 e. The normalized spacial score (nSPS) is 23.1. The molecular formula is C13H19BrN2O2S2. The summed E-state index contributed by atoms with van der Waals surface area (Å²) in [6.45, 7) is 0.392. The Morgan fingerprint density at radius 2 is 2.20 bits per heavy atom. The summed E-state index contributed by atoms with van der Waals surface area (Å²) in [4.78, 5) is 0.279. The van der Waals surface area contributed by atoms with Crippen LogP contribution in [-0.4, -0.2) is 26.0 Å². The Morgan fingerprint density at radius 3 is 2.80 bits per heavy atom. The van der Waals surface area contributed by atoms with Gasteiger partial charge in [-0.2, -0.15) is 11.8 Å². The summed E-state index contributed by atoms with van der Waals surface area (Å²) < 4.78 is 28.4. The number of nitrogens with one attached hydrogen (secondary N) is 1. The molecule has 0 bridgehead atoms. The summed E-state index contributed by atoms with van der Waals surface area (Å²) in [6.07, 6.45) is 5.08. The van der Waals surface area contributed by atoms with Crippen LogP contribution < -0.4 is 10.5 Å². The molecular weight excluding hydrogens is 360 g/mol. The molecule has 1 aliphatic rings. The van der Waals surface area contributed by atoms with Crippen LogP contribution in [0.1, 0.15) is 24.8 Å². The molecule has 1 aliphatic carbocycles. The highest BCUT2D eigenvalue weighted by Gasteiger charge is 2.31. The number of nitrogens with two attached hydrogens (primary N) is 1. The average Bonchev–Trinajstić information content (AvgIpc) is 2.84. The third-order valence-electron chi connectivity index (χ3n) is 3.58. The van der Waals surface area contributed by atoms with E-state index in [0.717, 1.165) is 24.8 Å². The molecule has 0 amide bonds. The van der Waals surface area contributed by atoms with Crippen molar-refractivity contribution in [3.05, 3.63) is 28.2 Å². The van der Waals surface area contributed by atoms with Crippen molar-refractivity contribution in [2.24, 2.45) is 5.73 Å². The molecule has 3 N–H and O–H groups in total. The first-order chi connectivity index (χ1) is 9.47. The molecule has 2 atom stereocenters. The molecule has 20 heavy (non-hydrogen) atoms. The van der Waals surface area contributed by atoms with Crippen molar-refractivity contribution in [3.8, 4) is 0 Å². The zero-order valence-corrected chi connectivity index (χ0v) is 14.5. The quantitative estimate of drug-likeness (QED) is 0.825. The lowest BCUT2D eigenvalue weighted by atomic mass is 10.2. The molecule has 1 aromatic carbocycles. The van der Waals surface area contributed by atoms with Gasteiger partial charge in [-0.15, -0.1) is 0 Å². The summed E-state index contributed by atoms with van der Waals surface area (Å²) in [5.74, 6) is 0. The molecule has 1 fully saturated rings. The van der Waals surface area contributed by atoms with Gasteiger partial charge in [-0.3, -0.25) is 0 Å². The number of hydrogen-bond donors (Lipinski definition) is 2. The molecule has 0 aliphatic heterocycles. The van der Waals surface area contributed by atoms with Gasteiger partial charge >= 0.3 is 0 Å². The van der Waals surface area contributed by atoms with Crippen LogP contribution in [0.2, 0.25) is 0 Å².